The van der Waals surface area contributed by atoms with Gasteiger partial charge in [0, 0.05) is 5.69 Å². The summed E-state index contributed by atoms with van der Waals surface area (Å²) in [4.78, 5) is 43.6. The zero-order chi connectivity index (χ0) is 24.0. The molecule has 0 amide bonds. The van der Waals surface area contributed by atoms with Gasteiger partial charge >= 0.3 is 11.9 Å². The van der Waals surface area contributed by atoms with Crippen LogP contribution in [0.3, 0.4) is 0 Å². The summed E-state index contributed by atoms with van der Waals surface area (Å²) in [6, 6.07) is 9.71. The number of methoxy groups -OCH3 is 1. The molecule has 0 saturated heterocycles. The summed E-state index contributed by atoms with van der Waals surface area (Å²) in [5, 5.41) is 2.85. The van der Waals surface area contributed by atoms with Gasteiger partial charge in [0.25, 0.3) is 0 Å². The third kappa shape index (κ3) is 5.35. The number of hydrogen-bond acceptors (Lipinski definition) is 8. The maximum atomic E-state index is 14.3. The molecule has 33 heavy (non-hydrogen) atoms. The number of halogens is 2. The summed E-state index contributed by atoms with van der Waals surface area (Å²) in [7, 11) is 1.11. The molecule has 0 aliphatic heterocycles. The minimum absolute atomic E-state index is 0.0705. The van der Waals surface area contributed by atoms with Crippen molar-refractivity contribution in [2.45, 2.75) is 13.3 Å². The molecule has 2 aromatic carbocycles. The summed E-state index contributed by atoms with van der Waals surface area (Å²) < 4.78 is 38.2. The second-order valence-corrected chi connectivity index (χ2v) is 6.67. The van der Waals surface area contributed by atoms with Gasteiger partial charge in [-0.1, -0.05) is 18.2 Å². The number of aldehydes is 1. The van der Waals surface area contributed by atoms with E-state index >= 15 is 0 Å². The number of nitrogens with one attached hydrogen (secondary N) is 1. The predicted molar refractivity (Wildman–Crippen MR) is 114 cm³/mol. The van der Waals surface area contributed by atoms with Gasteiger partial charge < -0.3 is 14.8 Å². The lowest BCUT2D eigenvalue weighted by Crippen LogP contribution is -2.14. The number of benzene rings is 2. The van der Waals surface area contributed by atoms with Gasteiger partial charge in [0.15, 0.2) is 12.1 Å². The van der Waals surface area contributed by atoms with Crippen molar-refractivity contribution >= 4 is 29.7 Å². The molecular formula is C23H19F2N3O5. The van der Waals surface area contributed by atoms with Gasteiger partial charge in [-0.2, -0.15) is 0 Å². The number of esters is 2. The van der Waals surface area contributed by atoms with Crippen LogP contribution in [-0.4, -0.2) is 41.9 Å². The molecule has 0 fully saturated rings. The normalized spacial score (nSPS) is 10.4. The van der Waals surface area contributed by atoms with E-state index in [2.05, 4.69) is 15.3 Å². The molecule has 1 aromatic heterocycles. The van der Waals surface area contributed by atoms with Crippen molar-refractivity contribution in [2.75, 3.05) is 19.0 Å². The van der Waals surface area contributed by atoms with Crippen molar-refractivity contribution in [3.8, 4) is 11.4 Å². The molecule has 1 heterocycles. The molecular weight excluding hydrogens is 436 g/mol. The van der Waals surface area contributed by atoms with Gasteiger partial charge in [-0.3, -0.25) is 9.59 Å². The highest BCUT2D eigenvalue weighted by Crippen LogP contribution is 2.28. The Labute approximate surface area is 187 Å². The van der Waals surface area contributed by atoms with Crippen LogP contribution in [0.5, 0.6) is 0 Å². The topological polar surface area (TPSA) is 107 Å². The number of nitrogens with zero attached hydrogens (tertiary/aromatic N) is 2. The van der Waals surface area contributed by atoms with Gasteiger partial charge in [-0.15, -0.1) is 0 Å². The van der Waals surface area contributed by atoms with Crippen molar-refractivity contribution in [3.63, 3.8) is 0 Å². The van der Waals surface area contributed by atoms with E-state index in [1.54, 1.807) is 31.2 Å². The van der Waals surface area contributed by atoms with Crippen molar-refractivity contribution in [1.29, 1.82) is 0 Å². The number of hydrogen-bond donors (Lipinski definition) is 1. The minimum atomic E-state index is -0.938. The molecule has 0 saturated carbocycles. The average Bonchev–Trinajstić information content (AvgIpc) is 2.79. The largest absolute Gasteiger partial charge is 0.466 e. The zero-order valence-corrected chi connectivity index (χ0v) is 17.7. The Bertz CT molecular complexity index is 1180. The summed E-state index contributed by atoms with van der Waals surface area (Å²) >= 11 is 0. The molecule has 0 aliphatic rings. The molecule has 8 nitrogen and oxygen atoms in total. The number of aromatic nitrogens is 2. The van der Waals surface area contributed by atoms with Crippen LogP contribution in [0.15, 0.2) is 42.5 Å². The van der Waals surface area contributed by atoms with E-state index in [-0.39, 0.29) is 36.7 Å². The average molecular weight is 455 g/mol. The van der Waals surface area contributed by atoms with Gasteiger partial charge in [-0.05, 0) is 36.8 Å². The number of carbonyl (C=O) groups is 3. The summed E-state index contributed by atoms with van der Waals surface area (Å²) in [6.45, 7) is 1.98. The summed E-state index contributed by atoms with van der Waals surface area (Å²) in [6.07, 6.45) is 0.338. The molecule has 10 heteroatoms. The van der Waals surface area contributed by atoms with E-state index in [9.17, 15) is 23.2 Å². The van der Waals surface area contributed by atoms with Crippen molar-refractivity contribution in [2.24, 2.45) is 0 Å². The number of ether oxygens (including phenoxy) is 2. The first-order chi connectivity index (χ1) is 15.9. The number of carbonyl (C=O) groups excluding carboxylic acids is 3. The van der Waals surface area contributed by atoms with E-state index in [0.717, 1.165) is 19.2 Å². The third-order valence-corrected chi connectivity index (χ3v) is 4.49. The van der Waals surface area contributed by atoms with E-state index in [0.29, 0.717) is 11.3 Å². The van der Waals surface area contributed by atoms with Gasteiger partial charge in [0.2, 0.25) is 0 Å². The first-order valence-corrected chi connectivity index (χ1v) is 9.79. The molecule has 0 radical (unpaired) electrons. The van der Waals surface area contributed by atoms with Crippen LogP contribution >= 0.6 is 0 Å². The number of rotatable bonds is 8. The Morgan fingerprint density at radius 3 is 2.30 bits per heavy atom. The van der Waals surface area contributed by atoms with E-state index in [1.165, 1.54) is 6.07 Å². The van der Waals surface area contributed by atoms with E-state index < -0.39 is 34.7 Å². The Morgan fingerprint density at radius 1 is 1.06 bits per heavy atom. The molecule has 0 unspecified atom stereocenters. The van der Waals surface area contributed by atoms with Crippen LogP contribution in [0, 0.1) is 11.6 Å². The van der Waals surface area contributed by atoms with E-state index in [4.69, 9.17) is 9.47 Å². The van der Waals surface area contributed by atoms with Gasteiger partial charge in [0.05, 0.1) is 25.7 Å². The lowest BCUT2D eigenvalue weighted by Gasteiger charge is -2.14. The maximum Gasteiger partial charge on any atom is 0.344 e. The Balaban J connectivity index is 2.05. The highest BCUT2D eigenvalue weighted by atomic mass is 19.1. The molecule has 0 bridgehead atoms. The van der Waals surface area contributed by atoms with Crippen LogP contribution in [0.2, 0.25) is 0 Å². The van der Waals surface area contributed by atoms with Crippen molar-refractivity contribution in [1.82, 2.24) is 9.97 Å². The summed E-state index contributed by atoms with van der Waals surface area (Å²) in [5.41, 5.74) is -0.162. The molecule has 0 atom stereocenters. The molecule has 1 N–H and O–H groups in total. The Morgan fingerprint density at radius 2 is 1.73 bits per heavy atom. The van der Waals surface area contributed by atoms with Crippen LogP contribution < -0.4 is 5.32 Å². The molecule has 3 aromatic rings. The fraction of sp³-hybridized carbons (Fsp3) is 0.174. The SMILES string of the molecule is CCOC(=O)Cc1ccc(Nc2nc(-c3c(F)cccc3F)nc(C=O)c2C(=O)OC)cc1. The van der Waals surface area contributed by atoms with Crippen LogP contribution in [0.25, 0.3) is 11.4 Å². The number of anilines is 2. The Kier molecular flexibility index (Phi) is 7.39. The Hall–Kier alpha value is -4.21. The van der Waals surface area contributed by atoms with Gasteiger partial charge in [0.1, 0.15) is 28.7 Å². The fourth-order valence-electron chi connectivity index (χ4n) is 3.00. The lowest BCUT2D eigenvalue weighted by molar-refractivity contribution is -0.142. The quantitative estimate of drug-likeness (QED) is 0.403. The zero-order valence-electron chi connectivity index (χ0n) is 17.7. The third-order valence-electron chi connectivity index (χ3n) is 4.49. The van der Waals surface area contributed by atoms with Crippen LogP contribution in [0.1, 0.15) is 33.3 Å². The van der Waals surface area contributed by atoms with Gasteiger partial charge in [-0.25, -0.2) is 23.5 Å². The van der Waals surface area contributed by atoms with Crippen molar-refractivity contribution in [3.05, 3.63) is 70.9 Å². The van der Waals surface area contributed by atoms with Crippen LogP contribution in [0.4, 0.5) is 20.3 Å². The smallest absolute Gasteiger partial charge is 0.344 e. The highest BCUT2D eigenvalue weighted by Gasteiger charge is 2.24. The van der Waals surface area contributed by atoms with E-state index in [1.807, 2.05) is 0 Å². The first-order valence-electron chi connectivity index (χ1n) is 9.79. The molecule has 0 spiro atoms. The molecule has 0 aliphatic carbocycles. The first kappa shape index (κ1) is 23.5. The van der Waals surface area contributed by atoms with Crippen molar-refractivity contribution < 1.29 is 32.6 Å². The maximum absolute atomic E-state index is 14.3. The highest BCUT2D eigenvalue weighted by molar-refractivity contribution is 6.02. The lowest BCUT2D eigenvalue weighted by atomic mass is 10.1. The standard InChI is InChI=1S/C23H19F2N3O5/c1-3-33-18(30)11-13-7-9-14(10-8-13)26-22-20(23(31)32-2)17(12-29)27-21(28-22)19-15(24)5-4-6-16(19)25/h4-10,12H,3,11H2,1-2H3,(H,26,27,28). The minimum Gasteiger partial charge on any atom is -0.466 e. The molecule has 3 rings (SSSR count). The monoisotopic (exact) mass is 455 g/mol. The second-order valence-electron chi connectivity index (χ2n) is 6.67. The van der Waals surface area contributed by atoms with Crippen LogP contribution in [-0.2, 0) is 20.7 Å². The second kappa shape index (κ2) is 10.4. The summed E-state index contributed by atoms with van der Waals surface area (Å²) in [5.74, 6) is -3.79. The fourth-order valence-corrected chi connectivity index (χ4v) is 3.00. The predicted octanol–water partition coefficient (Wildman–Crippen LogP) is 3.87. The molecule has 170 valence electrons.